The zero-order chi connectivity index (χ0) is 22.1. The van der Waals surface area contributed by atoms with Gasteiger partial charge in [0.2, 0.25) is 5.91 Å². The van der Waals surface area contributed by atoms with Crippen molar-refractivity contribution in [2.75, 3.05) is 13.1 Å². The molecule has 5 rings (SSSR count). The van der Waals surface area contributed by atoms with Crippen LogP contribution in [0.25, 0.3) is 0 Å². The molecule has 2 aliphatic rings. The van der Waals surface area contributed by atoms with Crippen LogP contribution in [0.2, 0.25) is 0 Å². The lowest BCUT2D eigenvalue weighted by Crippen LogP contribution is -2.51. The summed E-state index contributed by atoms with van der Waals surface area (Å²) < 4.78 is 0. The maximum Gasteiger partial charge on any atom is 0.253 e. The topological polar surface area (TPSA) is 82.5 Å². The summed E-state index contributed by atoms with van der Waals surface area (Å²) in [5.41, 5.74) is 2.03. The number of fused-ring (bicyclic) bond motifs is 2. The van der Waals surface area contributed by atoms with Crippen LogP contribution in [-0.2, 0) is 16.6 Å². The van der Waals surface area contributed by atoms with E-state index in [1.807, 2.05) is 40.6 Å². The van der Waals surface area contributed by atoms with E-state index in [1.165, 1.54) is 6.20 Å². The lowest BCUT2D eigenvalue weighted by molar-refractivity contribution is -0.132. The SMILES string of the molecule is O=C(N[C@@H]1c2ccccc2C2(CCN(C(=O)Cc3cccs3)CC2)[C@H]1O)c1cccnc1. The molecule has 0 unspecified atom stereocenters. The maximum atomic E-state index is 12.8. The van der Waals surface area contributed by atoms with E-state index in [9.17, 15) is 14.7 Å². The summed E-state index contributed by atoms with van der Waals surface area (Å²) in [5, 5.41) is 16.5. The number of piperidine rings is 1. The number of hydrogen-bond acceptors (Lipinski definition) is 5. The molecule has 1 fully saturated rings. The monoisotopic (exact) mass is 447 g/mol. The molecule has 2 amide bonds. The lowest BCUT2D eigenvalue weighted by Gasteiger charge is -2.42. The van der Waals surface area contributed by atoms with Gasteiger partial charge in [0.05, 0.1) is 24.1 Å². The highest BCUT2D eigenvalue weighted by Crippen LogP contribution is 2.51. The molecule has 1 spiro atoms. The number of carbonyl (C=O) groups is 2. The normalized spacial score (nSPS) is 21.3. The third-order valence-electron chi connectivity index (χ3n) is 6.84. The fourth-order valence-corrected chi connectivity index (χ4v) is 5.84. The van der Waals surface area contributed by atoms with Gasteiger partial charge in [0.1, 0.15) is 0 Å². The van der Waals surface area contributed by atoms with E-state index in [4.69, 9.17) is 0 Å². The van der Waals surface area contributed by atoms with E-state index in [-0.39, 0.29) is 11.8 Å². The van der Waals surface area contributed by atoms with E-state index >= 15 is 0 Å². The van der Waals surface area contributed by atoms with Crippen molar-refractivity contribution in [3.63, 3.8) is 0 Å². The van der Waals surface area contributed by atoms with Crippen molar-refractivity contribution in [1.29, 1.82) is 0 Å². The van der Waals surface area contributed by atoms with Crippen LogP contribution in [0.3, 0.4) is 0 Å². The number of rotatable bonds is 4. The van der Waals surface area contributed by atoms with Gasteiger partial charge in [0, 0.05) is 35.8 Å². The van der Waals surface area contributed by atoms with E-state index in [0.29, 0.717) is 37.9 Å². The average molecular weight is 448 g/mol. The standard InChI is InChI=1S/C25H25N3O3S/c29-21(15-18-6-4-14-32-18)28-12-9-25(10-13-28)20-8-2-1-7-19(20)22(23(25)30)27-24(31)17-5-3-11-26-16-17/h1-8,11,14,16,22-23,30H,9-10,12-13,15H2,(H,27,31)/t22-,23+/m1/s1. The van der Waals surface area contributed by atoms with Gasteiger partial charge < -0.3 is 15.3 Å². The summed E-state index contributed by atoms with van der Waals surface area (Å²) in [6.45, 7) is 1.19. The number of hydrogen-bond donors (Lipinski definition) is 2. The molecule has 3 heterocycles. The van der Waals surface area contributed by atoms with Gasteiger partial charge in [-0.15, -0.1) is 11.3 Å². The van der Waals surface area contributed by atoms with Crippen LogP contribution in [0.1, 0.15) is 45.2 Å². The van der Waals surface area contributed by atoms with Gasteiger partial charge in [0.15, 0.2) is 0 Å². The Balaban J connectivity index is 1.35. The van der Waals surface area contributed by atoms with Crippen LogP contribution in [0.5, 0.6) is 0 Å². The third kappa shape index (κ3) is 3.61. The highest BCUT2D eigenvalue weighted by molar-refractivity contribution is 7.10. The first-order valence-electron chi connectivity index (χ1n) is 10.9. The Morgan fingerprint density at radius 3 is 2.66 bits per heavy atom. The van der Waals surface area contributed by atoms with Crippen LogP contribution in [0.4, 0.5) is 0 Å². The number of aliphatic hydroxyl groups is 1. The number of amides is 2. The zero-order valence-electron chi connectivity index (χ0n) is 17.6. The number of nitrogens with zero attached hydrogens (tertiary/aromatic N) is 2. The Labute approximate surface area is 190 Å². The predicted molar refractivity (Wildman–Crippen MR) is 122 cm³/mol. The molecule has 1 aliphatic heterocycles. The number of thiophene rings is 1. The summed E-state index contributed by atoms with van der Waals surface area (Å²) in [6.07, 6.45) is 4.15. The fourth-order valence-electron chi connectivity index (χ4n) is 5.14. The zero-order valence-corrected chi connectivity index (χ0v) is 18.4. The van der Waals surface area contributed by atoms with E-state index < -0.39 is 17.6 Å². The van der Waals surface area contributed by atoms with Gasteiger partial charge in [-0.25, -0.2) is 0 Å². The van der Waals surface area contributed by atoms with Crippen molar-refractivity contribution < 1.29 is 14.7 Å². The first-order chi connectivity index (χ1) is 15.6. The first-order valence-corrected chi connectivity index (χ1v) is 11.7. The number of aliphatic hydroxyl groups excluding tert-OH is 1. The molecule has 0 bridgehead atoms. The van der Waals surface area contributed by atoms with E-state index in [1.54, 1.807) is 29.7 Å². The minimum atomic E-state index is -0.755. The van der Waals surface area contributed by atoms with Gasteiger partial charge in [-0.2, -0.15) is 0 Å². The molecule has 2 N–H and O–H groups in total. The van der Waals surface area contributed by atoms with Crippen LogP contribution >= 0.6 is 11.3 Å². The lowest BCUT2D eigenvalue weighted by atomic mass is 9.72. The van der Waals surface area contributed by atoms with Gasteiger partial charge in [-0.05, 0) is 47.5 Å². The average Bonchev–Trinajstić information content (AvgIpc) is 3.42. The van der Waals surface area contributed by atoms with Gasteiger partial charge >= 0.3 is 0 Å². The number of benzene rings is 1. The molecule has 3 aromatic rings. The Bertz CT molecular complexity index is 1110. The summed E-state index contributed by atoms with van der Waals surface area (Å²) >= 11 is 1.60. The van der Waals surface area contributed by atoms with Crippen LogP contribution in [0.15, 0.2) is 66.3 Å². The van der Waals surface area contributed by atoms with Crippen molar-refractivity contribution in [1.82, 2.24) is 15.2 Å². The molecule has 164 valence electrons. The second kappa shape index (κ2) is 8.48. The largest absolute Gasteiger partial charge is 0.390 e. The molecule has 32 heavy (non-hydrogen) atoms. The highest BCUT2D eigenvalue weighted by Gasteiger charge is 2.53. The van der Waals surface area contributed by atoms with Crippen LogP contribution in [0, 0.1) is 0 Å². The molecule has 1 aromatic carbocycles. The molecule has 1 saturated heterocycles. The molecule has 0 saturated carbocycles. The Hall–Kier alpha value is -3.03. The summed E-state index contributed by atoms with van der Waals surface area (Å²) in [7, 11) is 0. The minimum Gasteiger partial charge on any atom is -0.390 e. The molecular formula is C25H25N3O3S. The number of likely N-dealkylation sites (tertiary alicyclic amines) is 1. The van der Waals surface area contributed by atoms with E-state index in [2.05, 4.69) is 16.4 Å². The van der Waals surface area contributed by atoms with Crippen LogP contribution < -0.4 is 5.32 Å². The molecule has 7 heteroatoms. The Morgan fingerprint density at radius 1 is 1.12 bits per heavy atom. The predicted octanol–water partition coefficient (Wildman–Crippen LogP) is 3.09. The third-order valence-corrected chi connectivity index (χ3v) is 7.71. The van der Waals surface area contributed by atoms with E-state index in [0.717, 1.165) is 16.0 Å². The molecular weight excluding hydrogens is 422 g/mol. The second-order valence-corrected chi connectivity index (χ2v) is 9.55. The smallest absolute Gasteiger partial charge is 0.253 e. The number of carbonyl (C=O) groups excluding carboxylic acids is 2. The fraction of sp³-hybridized carbons (Fsp3) is 0.320. The summed E-state index contributed by atoms with van der Waals surface area (Å²) in [4.78, 5) is 32.6. The number of pyridine rings is 1. The van der Waals surface area contributed by atoms with Crippen molar-refractivity contribution in [3.05, 3.63) is 87.9 Å². The molecule has 6 nitrogen and oxygen atoms in total. The summed E-state index contributed by atoms with van der Waals surface area (Å²) in [5.74, 6) is -0.123. The van der Waals surface area contributed by atoms with Gasteiger partial charge in [-0.1, -0.05) is 30.3 Å². The molecule has 2 aromatic heterocycles. The quantitative estimate of drug-likeness (QED) is 0.644. The Kier molecular flexibility index (Phi) is 5.53. The molecule has 0 radical (unpaired) electrons. The minimum absolute atomic E-state index is 0.129. The first kappa shape index (κ1) is 20.8. The number of aromatic nitrogens is 1. The van der Waals surface area contributed by atoms with Crippen molar-refractivity contribution in [2.45, 2.75) is 36.8 Å². The molecule has 2 atom stereocenters. The second-order valence-electron chi connectivity index (χ2n) is 8.52. The van der Waals surface area contributed by atoms with Crippen molar-refractivity contribution in [3.8, 4) is 0 Å². The van der Waals surface area contributed by atoms with Gasteiger partial charge in [0.25, 0.3) is 5.91 Å². The Morgan fingerprint density at radius 2 is 1.94 bits per heavy atom. The van der Waals surface area contributed by atoms with Crippen LogP contribution in [-0.4, -0.2) is 46.0 Å². The van der Waals surface area contributed by atoms with Crippen molar-refractivity contribution in [2.24, 2.45) is 0 Å². The number of nitrogens with one attached hydrogen (secondary N) is 1. The van der Waals surface area contributed by atoms with Gasteiger partial charge in [-0.3, -0.25) is 14.6 Å². The maximum absolute atomic E-state index is 12.8. The molecule has 1 aliphatic carbocycles. The highest BCUT2D eigenvalue weighted by atomic mass is 32.1. The summed E-state index contributed by atoms with van der Waals surface area (Å²) in [6, 6.07) is 14.8. The van der Waals surface area contributed by atoms with Crippen molar-refractivity contribution >= 4 is 23.2 Å².